The monoisotopic (exact) mass is 338 g/mol. The van der Waals surface area contributed by atoms with Crippen molar-refractivity contribution < 1.29 is 0 Å². The first kappa shape index (κ1) is 15.8. The van der Waals surface area contributed by atoms with Crippen molar-refractivity contribution in [2.45, 2.75) is 34.2 Å². The fourth-order valence-electron chi connectivity index (χ4n) is 2.75. The van der Waals surface area contributed by atoms with Crippen LogP contribution >= 0.6 is 15.9 Å². The average Bonchev–Trinajstić information content (AvgIpc) is 2.69. The van der Waals surface area contributed by atoms with E-state index in [0.29, 0.717) is 5.92 Å². The number of nitrogens with zero attached hydrogens (tertiary/aromatic N) is 1. The highest BCUT2D eigenvalue weighted by molar-refractivity contribution is 9.10. The molecule has 1 aromatic carbocycles. The van der Waals surface area contributed by atoms with Crippen LogP contribution in [0.1, 0.15) is 33.3 Å². The molecule has 0 bridgehead atoms. The maximum Gasteiger partial charge on any atom is 0.0511 e. The zero-order valence-electron chi connectivity index (χ0n) is 13.1. The maximum atomic E-state index is 3.75. The van der Waals surface area contributed by atoms with Crippen LogP contribution in [0.2, 0.25) is 0 Å². The van der Waals surface area contributed by atoms with E-state index in [1.807, 2.05) is 0 Å². The van der Waals surface area contributed by atoms with Gasteiger partial charge in [-0.05, 0) is 57.9 Å². The van der Waals surface area contributed by atoms with Gasteiger partial charge in [0.25, 0.3) is 0 Å². The van der Waals surface area contributed by atoms with Crippen molar-refractivity contribution in [2.24, 2.45) is 17.8 Å². The third-order valence-electron chi connectivity index (χ3n) is 4.22. The molecular formula is C17H27BrN2. The molecule has 0 saturated carbocycles. The lowest BCUT2D eigenvalue weighted by molar-refractivity contribution is 0.494. The summed E-state index contributed by atoms with van der Waals surface area (Å²) in [6, 6.07) is 6.78. The number of hydrogen-bond acceptors (Lipinski definition) is 2. The molecule has 112 valence electrons. The summed E-state index contributed by atoms with van der Waals surface area (Å²) in [7, 11) is 0. The third kappa shape index (κ3) is 3.98. The molecule has 0 amide bonds. The van der Waals surface area contributed by atoms with Crippen LogP contribution in [0.4, 0.5) is 5.69 Å². The molecule has 1 heterocycles. The molecule has 1 aliphatic heterocycles. The zero-order valence-corrected chi connectivity index (χ0v) is 14.7. The van der Waals surface area contributed by atoms with Gasteiger partial charge in [0.05, 0.1) is 5.69 Å². The van der Waals surface area contributed by atoms with Crippen molar-refractivity contribution in [3.8, 4) is 0 Å². The Morgan fingerprint density at radius 3 is 2.45 bits per heavy atom. The van der Waals surface area contributed by atoms with Gasteiger partial charge in [-0.3, -0.25) is 0 Å². The third-order valence-corrected chi connectivity index (χ3v) is 4.86. The molecule has 2 nitrogen and oxygen atoms in total. The normalized spacial score (nSPS) is 22.8. The Hall–Kier alpha value is -0.540. The first-order valence-electron chi connectivity index (χ1n) is 7.71. The molecule has 1 aliphatic rings. The van der Waals surface area contributed by atoms with Gasteiger partial charge >= 0.3 is 0 Å². The van der Waals surface area contributed by atoms with Crippen molar-refractivity contribution >= 4 is 21.6 Å². The van der Waals surface area contributed by atoms with Crippen LogP contribution in [0, 0.1) is 17.8 Å². The minimum Gasteiger partial charge on any atom is -0.370 e. The van der Waals surface area contributed by atoms with Gasteiger partial charge in [0.15, 0.2) is 0 Å². The molecule has 1 N–H and O–H groups in total. The lowest BCUT2D eigenvalue weighted by atomic mass is 10.0. The van der Waals surface area contributed by atoms with Crippen LogP contribution in [0.3, 0.4) is 0 Å². The van der Waals surface area contributed by atoms with Crippen LogP contribution < -0.4 is 10.2 Å². The number of halogens is 1. The van der Waals surface area contributed by atoms with Gasteiger partial charge < -0.3 is 10.2 Å². The number of benzene rings is 1. The summed E-state index contributed by atoms with van der Waals surface area (Å²) in [6.07, 6.45) is 0. The first-order chi connectivity index (χ1) is 9.47. The smallest absolute Gasteiger partial charge is 0.0511 e. The molecular weight excluding hydrogens is 312 g/mol. The quantitative estimate of drug-likeness (QED) is 0.861. The standard InChI is InChI=1S/C17H27BrN2/c1-12(2)8-19-9-15-5-6-17(16(18)7-15)20-10-13(3)14(4)11-20/h5-7,12-14,19H,8-11H2,1-4H3. The van der Waals surface area contributed by atoms with E-state index in [9.17, 15) is 0 Å². The molecule has 1 aromatic rings. The summed E-state index contributed by atoms with van der Waals surface area (Å²) in [4.78, 5) is 2.50. The predicted molar refractivity (Wildman–Crippen MR) is 91.2 cm³/mol. The SMILES string of the molecule is CC(C)CNCc1ccc(N2CC(C)C(C)C2)c(Br)c1. The Morgan fingerprint density at radius 2 is 1.90 bits per heavy atom. The van der Waals surface area contributed by atoms with Crippen molar-refractivity contribution in [3.05, 3.63) is 28.2 Å². The Kier molecular flexibility index (Phi) is 5.50. The van der Waals surface area contributed by atoms with E-state index in [1.165, 1.54) is 28.8 Å². The van der Waals surface area contributed by atoms with E-state index in [1.54, 1.807) is 0 Å². The summed E-state index contributed by atoms with van der Waals surface area (Å²) in [5.74, 6) is 2.27. The summed E-state index contributed by atoms with van der Waals surface area (Å²) in [5.41, 5.74) is 2.69. The van der Waals surface area contributed by atoms with Crippen molar-refractivity contribution in [1.29, 1.82) is 0 Å². The molecule has 0 radical (unpaired) electrons. The van der Waals surface area contributed by atoms with Crippen LogP contribution in [-0.2, 0) is 6.54 Å². The van der Waals surface area contributed by atoms with Crippen molar-refractivity contribution in [3.63, 3.8) is 0 Å². The average molecular weight is 339 g/mol. The van der Waals surface area contributed by atoms with Gasteiger partial charge in [0.1, 0.15) is 0 Å². The molecule has 0 aromatic heterocycles. The Morgan fingerprint density at radius 1 is 1.25 bits per heavy atom. The summed E-state index contributed by atoms with van der Waals surface area (Å²) < 4.78 is 1.22. The van der Waals surface area contributed by atoms with E-state index in [0.717, 1.165) is 24.9 Å². The van der Waals surface area contributed by atoms with Gasteiger partial charge in [-0.15, -0.1) is 0 Å². The van der Waals surface area contributed by atoms with Gasteiger partial charge in [0, 0.05) is 24.1 Å². The van der Waals surface area contributed by atoms with Crippen molar-refractivity contribution in [1.82, 2.24) is 5.32 Å². The van der Waals surface area contributed by atoms with Crippen molar-refractivity contribution in [2.75, 3.05) is 24.5 Å². The first-order valence-corrected chi connectivity index (χ1v) is 8.50. The van der Waals surface area contributed by atoms with E-state index in [2.05, 4.69) is 72.0 Å². The molecule has 0 aliphatic carbocycles. The second-order valence-electron chi connectivity index (χ2n) is 6.67. The molecule has 20 heavy (non-hydrogen) atoms. The van der Waals surface area contributed by atoms with Gasteiger partial charge in [-0.25, -0.2) is 0 Å². The topological polar surface area (TPSA) is 15.3 Å². The fraction of sp³-hybridized carbons (Fsp3) is 0.647. The van der Waals surface area contributed by atoms with E-state index >= 15 is 0 Å². The zero-order chi connectivity index (χ0) is 14.7. The van der Waals surface area contributed by atoms with Crippen LogP contribution in [0.5, 0.6) is 0 Å². The maximum absolute atomic E-state index is 3.75. The molecule has 2 unspecified atom stereocenters. The van der Waals surface area contributed by atoms with Crippen LogP contribution in [0.25, 0.3) is 0 Å². The lowest BCUT2D eigenvalue weighted by Gasteiger charge is -2.20. The number of nitrogens with one attached hydrogen (secondary N) is 1. The molecule has 2 atom stereocenters. The van der Waals surface area contributed by atoms with Crippen LogP contribution in [0.15, 0.2) is 22.7 Å². The van der Waals surface area contributed by atoms with Gasteiger partial charge in [-0.2, -0.15) is 0 Å². The summed E-state index contributed by atoms with van der Waals surface area (Å²) >= 11 is 3.75. The largest absolute Gasteiger partial charge is 0.370 e. The summed E-state index contributed by atoms with van der Waals surface area (Å²) in [5, 5.41) is 3.50. The fourth-order valence-corrected chi connectivity index (χ4v) is 3.43. The Balaban J connectivity index is 1.99. The molecule has 1 saturated heterocycles. The Bertz CT molecular complexity index is 435. The van der Waals surface area contributed by atoms with Crippen LogP contribution in [-0.4, -0.2) is 19.6 Å². The van der Waals surface area contributed by atoms with E-state index in [4.69, 9.17) is 0 Å². The van der Waals surface area contributed by atoms with E-state index < -0.39 is 0 Å². The number of anilines is 1. The minimum absolute atomic E-state index is 0.699. The highest BCUT2D eigenvalue weighted by atomic mass is 79.9. The molecule has 0 spiro atoms. The summed E-state index contributed by atoms with van der Waals surface area (Å²) in [6.45, 7) is 13.5. The highest BCUT2D eigenvalue weighted by Crippen LogP contribution is 2.33. The van der Waals surface area contributed by atoms with E-state index in [-0.39, 0.29) is 0 Å². The molecule has 2 rings (SSSR count). The number of hydrogen-bond donors (Lipinski definition) is 1. The van der Waals surface area contributed by atoms with Gasteiger partial charge in [0.2, 0.25) is 0 Å². The molecule has 1 fully saturated rings. The minimum atomic E-state index is 0.699. The second kappa shape index (κ2) is 6.95. The second-order valence-corrected chi connectivity index (χ2v) is 7.52. The lowest BCUT2D eigenvalue weighted by Crippen LogP contribution is -2.21. The predicted octanol–water partition coefficient (Wildman–Crippen LogP) is 4.29. The molecule has 3 heteroatoms. The Labute approximate surface area is 132 Å². The highest BCUT2D eigenvalue weighted by Gasteiger charge is 2.27. The van der Waals surface area contributed by atoms with Gasteiger partial charge in [-0.1, -0.05) is 33.8 Å². The number of rotatable bonds is 5.